The lowest BCUT2D eigenvalue weighted by molar-refractivity contribution is 0.475. The van der Waals surface area contributed by atoms with Crippen molar-refractivity contribution in [3.63, 3.8) is 0 Å². The fourth-order valence-electron chi connectivity index (χ4n) is 3.56. The van der Waals surface area contributed by atoms with E-state index in [0.29, 0.717) is 23.7 Å². The number of halogens is 2. The van der Waals surface area contributed by atoms with E-state index in [0.717, 1.165) is 31.0 Å². The molecule has 0 aromatic carbocycles. The highest BCUT2D eigenvalue weighted by molar-refractivity contribution is 5.67. The van der Waals surface area contributed by atoms with E-state index in [4.69, 9.17) is 0 Å². The van der Waals surface area contributed by atoms with Gasteiger partial charge >= 0.3 is 0 Å². The van der Waals surface area contributed by atoms with Crippen LogP contribution in [0.4, 0.5) is 14.6 Å². The van der Waals surface area contributed by atoms with Crippen LogP contribution in [0, 0.1) is 11.6 Å². The Morgan fingerprint density at radius 3 is 2.90 bits per heavy atom. The zero-order valence-electron chi connectivity index (χ0n) is 15.4. The number of fused-ring (bicyclic) bond motifs is 1. The van der Waals surface area contributed by atoms with Crippen molar-refractivity contribution in [1.29, 1.82) is 0 Å². The summed E-state index contributed by atoms with van der Waals surface area (Å²) in [5.74, 6) is -0.798. The molecule has 4 aromatic heterocycles. The van der Waals surface area contributed by atoms with E-state index in [2.05, 4.69) is 35.8 Å². The van der Waals surface area contributed by atoms with Crippen molar-refractivity contribution < 1.29 is 8.78 Å². The van der Waals surface area contributed by atoms with Crippen molar-refractivity contribution in [1.82, 2.24) is 34.9 Å². The van der Waals surface area contributed by atoms with Crippen LogP contribution in [-0.2, 0) is 0 Å². The molecule has 148 valence electrons. The summed E-state index contributed by atoms with van der Waals surface area (Å²) in [6.07, 6.45) is 6.59. The van der Waals surface area contributed by atoms with E-state index in [1.165, 1.54) is 12.5 Å². The summed E-state index contributed by atoms with van der Waals surface area (Å²) in [5.41, 5.74) is 1.86. The number of piperidine rings is 1. The predicted molar refractivity (Wildman–Crippen MR) is 103 cm³/mol. The van der Waals surface area contributed by atoms with Gasteiger partial charge in [0.25, 0.3) is 0 Å². The quantitative estimate of drug-likeness (QED) is 0.491. The van der Waals surface area contributed by atoms with Crippen LogP contribution in [0.25, 0.3) is 28.4 Å². The van der Waals surface area contributed by atoms with Crippen LogP contribution in [0.3, 0.4) is 0 Å². The van der Waals surface area contributed by atoms with E-state index in [9.17, 15) is 8.78 Å². The highest BCUT2D eigenvalue weighted by Gasteiger charge is 2.20. The molecule has 0 bridgehead atoms. The number of H-pyrrole nitrogens is 1. The lowest BCUT2D eigenvalue weighted by atomic mass is 10.1. The number of nitrogens with one attached hydrogen (secondary N) is 3. The van der Waals surface area contributed by atoms with Crippen LogP contribution < -0.4 is 10.6 Å². The standard InChI is InChI=1S/C19H18F2N8/c20-13-7-14(21)19(26-12-2-1-4-22-8-12)27-17(13)15-9-23-16-6-11(3-5-29(15)16)18-24-10-25-28-18/h3,5-7,9-10,12,22H,1-2,4,8H2,(H,26,27)(H,24,25,28)/t12-/m0/s1. The third-order valence-electron chi connectivity index (χ3n) is 5.01. The topological polar surface area (TPSA) is 95.8 Å². The molecule has 1 saturated heterocycles. The number of rotatable bonds is 4. The number of hydrogen-bond acceptors (Lipinski definition) is 6. The Morgan fingerprint density at radius 1 is 1.17 bits per heavy atom. The molecule has 0 saturated carbocycles. The second kappa shape index (κ2) is 7.21. The molecule has 0 radical (unpaired) electrons. The van der Waals surface area contributed by atoms with E-state index in [1.54, 1.807) is 16.7 Å². The van der Waals surface area contributed by atoms with Crippen molar-refractivity contribution in [3.8, 4) is 22.8 Å². The van der Waals surface area contributed by atoms with Gasteiger partial charge in [0.05, 0.1) is 11.9 Å². The van der Waals surface area contributed by atoms with Gasteiger partial charge in [0.1, 0.15) is 17.7 Å². The van der Waals surface area contributed by atoms with E-state index in [-0.39, 0.29) is 17.6 Å². The summed E-state index contributed by atoms with van der Waals surface area (Å²) in [5, 5.41) is 13.0. The fraction of sp³-hybridized carbons (Fsp3) is 0.263. The molecule has 1 aliphatic rings. The van der Waals surface area contributed by atoms with Gasteiger partial charge in [0, 0.05) is 30.4 Å². The van der Waals surface area contributed by atoms with Gasteiger partial charge in [-0.1, -0.05) is 0 Å². The van der Waals surface area contributed by atoms with Crippen molar-refractivity contribution in [2.24, 2.45) is 0 Å². The van der Waals surface area contributed by atoms with Gasteiger partial charge in [-0.25, -0.2) is 23.7 Å². The second-order valence-corrected chi connectivity index (χ2v) is 6.96. The van der Waals surface area contributed by atoms with Crippen LogP contribution >= 0.6 is 0 Å². The van der Waals surface area contributed by atoms with Gasteiger partial charge in [-0.15, -0.1) is 0 Å². The number of pyridine rings is 2. The third-order valence-corrected chi connectivity index (χ3v) is 5.01. The van der Waals surface area contributed by atoms with Gasteiger partial charge in [-0.3, -0.25) is 9.50 Å². The Morgan fingerprint density at radius 2 is 2.10 bits per heavy atom. The van der Waals surface area contributed by atoms with Gasteiger partial charge in [0.2, 0.25) is 0 Å². The molecule has 1 atom stereocenters. The fourth-order valence-corrected chi connectivity index (χ4v) is 3.56. The summed E-state index contributed by atoms with van der Waals surface area (Å²) in [6.45, 7) is 1.66. The maximum Gasteiger partial charge on any atom is 0.168 e. The monoisotopic (exact) mass is 396 g/mol. The van der Waals surface area contributed by atoms with Gasteiger partial charge < -0.3 is 10.6 Å². The zero-order valence-corrected chi connectivity index (χ0v) is 15.4. The molecule has 0 unspecified atom stereocenters. The summed E-state index contributed by atoms with van der Waals surface area (Å²) in [6, 6.07) is 4.53. The number of aromatic nitrogens is 6. The molecular formula is C19H18F2N8. The summed E-state index contributed by atoms with van der Waals surface area (Å²) in [4.78, 5) is 12.7. The van der Waals surface area contributed by atoms with E-state index < -0.39 is 11.6 Å². The molecule has 3 N–H and O–H groups in total. The summed E-state index contributed by atoms with van der Waals surface area (Å²) in [7, 11) is 0. The number of nitrogens with zero attached hydrogens (tertiary/aromatic N) is 5. The molecule has 4 aromatic rings. The maximum absolute atomic E-state index is 14.6. The van der Waals surface area contributed by atoms with Gasteiger partial charge in [-0.2, -0.15) is 5.10 Å². The maximum atomic E-state index is 14.6. The number of anilines is 1. The first-order valence-electron chi connectivity index (χ1n) is 9.35. The van der Waals surface area contributed by atoms with E-state index >= 15 is 0 Å². The Hall–Kier alpha value is -3.40. The molecule has 5 heterocycles. The van der Waals surface area contributed by atoms with E-state index in [1.807, 2.05) is 6.07 Å². The summed E-state index contributed by atoms with van der Waals surface area (Å²) >= 11 is 0. The largest absolute Gasteiger partial charge is 0.364 e. The summed E-state index contributed by atoms with van der Waals surface area (Å²) < 4.78 is 30.6. The average Bonchev–Trinajstić information content (AvgIpc) is 3.40. The number of hydrogen-bond donors (Lipinski definition) is 3. The minimum Gasteiger partial charge on any atom is -0.364 e. The lowest BCUT2D eigenvalue weighted by Gasteiger charge is -2.24. The number of imidazole rings is 1. The second-order valence-electron chi connectivity index (χ2n) is 6.96. The Kier molecular flexibility index (Phi) is 4.39. The van der Waals surface area contributed by atoms with Crippen LogP contribution in [0.15, 0.2) is 36.9 Å². The molecule has 1 aliphatic heterocycles. The van der Waals surface area contributed by atoms with Crippen LogP contribution in [0.5, 0.6) is 0 Å². The first-order valence-corrected chi connectivity index (χ1v) is 9.35. The Labute approximate surface area is 164 Å². The van der Waals surface area contributed by atoms with Crippen LogP contribution in [0.2, 0.25) is 0 Å². The highest BCUT2D eigenvalue weighted by atomic mass is 19.1. The lowest BCUT2D eigenvalue weighted by Crippen LogP contribution is -2.38. The van der Waals surface area contributed by atoms with Gasteiger partial charge in [-0.05, 0) is 31.5 Å². The molecule has 10 heteroatoms. The highest BCUT2D eigenvalue weighted by Crippen LogP contribution is 2.27. The first-order chi connectivity index (χ1) is 14.2. The van der Waals surface area contributed by atoms with Crippen molar-refractivity contribution in [2.45, 2.75) is 18.9 Å². The molecule has 8 nitrogen and oxygen atoms in total. The van der Waals surface area contributed by atoms with Crippen LogP contribution in [-0.4, -0.2) is 48.7 Å². The van der Waals surface area contributed by atoms with Crippen LogP contribution in [0.1, 0.15) is 12.8 Å². The minimum atomic E-state index is -0.740. The Balaban J connectivity index is 1.52. The normalized spacial score (nSPS) is 17.0. The molecule has 0 amide bonds. The molecule has 5 rings (SSSR count). The minimum absolute atomic E-state index is 0.0394. The predicted octanol–water partition coefficient (Wildman–Crippen LogP) is 2.62. The molecule has 1 fully saturated rings. The third kappa shape index (κ3) is 3.31. The van der Waals surface area contributed by atoms with Gasteiger partial charge in [0.15, 0.2) is 23.3 Å². The number of aromatic amines is 1. The molecule has 29 heavy (non-hydrogen) atoms. The molecular weight excluding hydrogens is 378 g/mol. The van der Waals surface area contributed by atoms with Crippen molar-refractivity contribution >= 4 is 11.5 Å². The zero-order chi connectivity index (χ0) is 19.8. The molecule has 0 spiro atoms. The average molecular weight is 396 g/mol. The Bertz CT molecular complexity index is 1150. The SMILES string of the molecule is Fc1cc(F)c(-c2cnc3cc(-c4ncn[nH]4)ccn23)nc1N[C@H]1CCCNC1. The van der Waals surface area contributed by atoms with Crippen molar-refractivity contribution in [3.05, 3.63) is 48.6 Å². The molecule has 0 aliphatic carbocycles. The smallest absolute Gasteiger partial charge is 0.168 e. The first kappa shape index (κ1) is 17.7. The van der Waals surface area contributed by atoms with Crippen molar-refractivity contribution in [2.75, 3.05) is 18.4 Å².